The lowest BCUT2D eigenvalue weighted by Gasteiger charge is -2.38. The average molecular weight is 273 g/mol. The topological polar surface area (TPSA) is 58.7 Å². The molecule has 2 amide bonds. The van der Waals surface area contributed by atoms with Gasteiger partial charge in [0, 0.05) is 6.54 Å². The molecule has 4 nitrogen and oxygen atoms in total. The van der Waals surface area contributed by atoms with Gasteiger partial charge in [0.15, 0.2) is 0 Å². The monoisotopic (exact) mass is 273 g/mol. The molecular weight excluding hydrogens is 250 g/mol. The van der Waals surface area contributed by atoms with Crippen molar-refractivity contribution in [3.63, 3.8) is 0 Å². The molecular formula is C16H23N3O. The Morgan fingerprint density at radius 3 is 2.30 bits per heavy atom. The van der Waals surface area contributed by atoms with Gasteiger partial charge in [0.25, 0.3) is 0 Å². The largest absolute Gasteiger partial charge is 0.385 e. The van der Waals surface area contributed by atoms with E-state index in [0.29, 0.717) is 12.4 Å². The first-order valence-corrected chi connectivity index (χ1v) is 7.34. The predicted octanol–water partition coefficient (Wildman–Crippen LogP) is 3.32. The number of nitrogens with zero attached hydrogens (tertiary/aromatic N) is 2. The Kier molecular flexibility index (Phi) is 4.42. The zero-order chi connectivity index (χ0) is 14.6. The van der Waals surface area contributed by atoms with Gasteiger partial charge in [0.05, 0.1) is 0 Å². The SMILES string of the molecule is CCCC1(CCC)C(N)=NC(=O)N1Cc1ccccc1. The van der Waals surface area contributed by atoms with Crippen molar-refractivity contribution in [2.45, 2.75) is 51.6 Å². The lowest BCUT2D eigenvalue weighted by atomic mass is 9.86. The van der Waals surface area contributed by atoms with Crippen LogP contribution in [0.4, 0.5) is 4.79 Å². The highest BCUT2D eigenvalue weighted by atomic mass is 16.2. The predicted molar refractivity (Wildman–Crippen MR) is 81.6 cm³/mol. The number of rotatable bonds is 6. The molecule has 0 saturated heterocycles. The second-order valence-corrected chi connectivity index (χ2v) is 5.38. The summed E-state index contributed by atoms with van der Waals surface area (Å²) in [5.74, 6) is 0.488. The number of benzene rings is 1. The number of amidine groups is 1. The van der Waals surface area contributed by atoms with E-state index in [0.717, 1.165) is 31.2 Å². The maximum atomic E-state index is 12.2. The van der Waals surface area contributed by atoms with Gasteiger partial charge < -0.3 is 10.6 Å². The summed E-state index contributed by atoms with van der Waals surface area (Å²) >= 11 is 0. The highest BCUT2D eigenvalue weighted by molar-refractivity contribution is 6.05. The van der Waals surface area contributed by atoms with E-state index in [4.69, 9.17) is 5.73 Å². The molecule has 1 aromatic carbocycles. The summed E-state index contributed by atoms with van der Waals surface area (Å²) in [4.78, 5) is 18.1. The van der Waals surface area contributed by atoms with E-state index in [1.54, 1.807) is 0 Å². The maximum Gasteiger partial charge on any atom is 0.346 e. The molecule has 0 unspecified atom stereocenters. The fraction of sp³-hybridized carbons (Fsp3) is 0.500. The van der Waals surface area contributed by atoms with Crippen LogP contribution in [0.5, 0.6) is 0 Å². The first kappa shape index (κ1) is 14.6. The average Bonchev–Trinajstić information content (AvgIpc) is 2.65. The molecule has 0 saturated carbocycles. The van der Waals surface area contributed by atoms with E-state index in [9.17, 15) is 4.79 Å². The van der Waals surface area contributed by atoms with Gasteiger partial charge in [0.2, 0.25) is 0 Å². The van der Waals surface area contributed by atoms with Crippen LogP contribution in [-0.4, -0.2) is 22.3 Å². The Morgan fingerprint density at radius 1 is 1.15 bits per heavy atom. The molecule has 0 atom stereocenters. The lowest BCUT2D eigenvalue weighted by molar-refractivity contribution is 0.152. The van der Waals surface area contributed by atoms with Gasteiger partial charge in [-0.1, -0.05) is 57.0 Å². The summed E-state index contributed by atoms with van der Waals surface area (Å²) in [7, 11) is 0. The second-order valence-electron chi connectivity index (χ2n) is 5.38. The summed E-state index contributed by atoms with van der Waals surface area (Å²) in [6.45, 7) is 4.81. The fourth-order valence-electron chi connectivity index (χ4n) is 3.05. The number of hydrogen-bond acceptors (Lipinski definition) is 2. The molecule has 2 N–H and O–H groups in total. The molecule has 0 aromatic heterocycles. The number of carbonyl (C=O) groups excluding carboxylic acids is 1. The van der Waals surface area contributed by atoms with E-state index >= 15 is 0 Å². The summed E-state index contributed by atoms with van der Waals surface area (Å²) in [6.07, 6.45) is 3.70. The third-order valence-corrected chi connectivity index (χ3v) is 3.95. The third-order valence-electron chi connectivity index (χ3n) is 3.95. The minimum Gasteiger partial charge on any atom is -0.385 e. The van der Waals surface area contributed by atoms with E-state index < -0.39 is 5.54 Å². The van der Waals surface area contributed by atoms with E-state index in [2.05, 4.69) is 18.8 Å². The van der Waals surface area contributed by atoms with Crippen molar-refractivity contribution in [1.82, 2.24) is 4.90 Å². The number of carbonyl (C=O) groups is 1. The van der Waals surface area contributed by atoms with Gasteiger partial charge in [0.1, 0.15) is 11.4 Å². The van der Waals surface area contributed by atoms with Gasteiger partial charge in [-0.05, 0) is 18.4 Å². The molecule has 0 bridgehead atoms. The van der Waals surface area contributed by atoms with Crippen molar-refractivity contribution >= 4 is 11.9 Å². The molecule has 0 spiro atoms. The van der Waals surface area contributed by atoms with Crippen LogP contribution in [0.25, 0.3) is 0 Å². The van der Waals surface area contributed by atoms with Crippen LogP contribution in [0.1, 0.15) is 45.1 Å². The van der Waals surface area contributed by atoms with Gasteiger partial charge in [-0.3, -0.25) is 0 Å². The lowest BCUT2D eigenvalue weighted by Crippen LogP contribution is -2.53. The molecule has 0 aliphatic carbocycles. The number of aliphatic imine (C=N–C) groups is 1. The van der Waals surface area contributed by atoms with Crippen LogP contribution in [-0.2, 0) is 6.54 Å². The smallest absolute Gasteiger partial charge is 0.346 e. The number of hydrogen-bond donors (Lipinski definition) is 1. The van der Waals surface area contributed by atoms with Crippen LogP contribution >= 0.6 is 0 Å². The van der Waals surface area contributed by atoms with Crippen molar-refractivity contribution in [2.75, 3.05) is 0 Å². The molecule has 108 valence electrons. The Labute approximate surface area is 120 Å². The molecule has 1 aliphatic heterocycles. The summed E-state index contributed by atoms with van der Waals surface area (Å²) in [6, 6.07) is 9.82. The minimum absolute atomic E-state index is 0.201. The molecule has 20 heavy (non-hydrogen) atoms. The van der Waals surface area contributed by atoms with Crippen LogP contribution in [0, 0.1) is 0 Å². The Morgan fingerprint density at radius 2 is 1.75 bits per heavy atom. The van der Waals surface area contributed by atoms with Gasteiger partial charge in [-0.25, -0.2) is 4.79 Å². The highest BCUT2D eigenvalue weighted by Gasteiger charge is 2.46. The van der Waals surface area contributed by atoms with Crippen LogP contribution in [0.3, 0.4) is 0 Å². The summed E-state index contributed by atoms with van der Waals surface area (Å²) in [5, 5.41) is 0. The van der Waals surface area contributed by atoms with Gasteiger partial charge >= 0.3 is 6.03 Å². The molecule has 0 radical (unpaired) electrons. The number of urea groups is 1. The van der Waals surface area contributed by atoms with Crippen LogP contribution < -0.4 is 5.73 Å². The molecule has 0 fully saturated rings. The standard InChI is InChI=1S/C16H23N3O/c1-3-10-16(11-4-2)14(17)18-15(20)19(16)12-13-8-6-5-7-9-13/h5-9H,3-4,10-12H2,1-2H3,(H2,17,18,20). The normalized spacial score (nSPS) is 17.4. The zero-order valence-electron chi connectivity index (χ0n) is 12.3. The molecule has 1 heterocycles. The van der Waals surface area contributed by atoms with E-state index in [-0.39, 0.29) is 6.03 Å². The zero-order valence-corrected chi connectivity index (χ0v) is 12.3. The molecule has 1 aromatic rings. The quantitative estimate of drug-likeness (QED) is 0.864. The Balaban J connectivity index is 2.30. The Hall–Kier alpha value is -1.84. The molecule has 1 aliphatic rings. The number of nitrogens with two attached hydrogens (primary N) is 1. The summed E-state index contributed by atoms with van der Waals surface area (Å²) < 4.78 is 0. The first-order valence-electron chi connectivity index (χ1n) is 7.34. The summed E-state index contributed by atoms with van der Waals surface area (Å²) in [5.41, 5.74) is 6.83. The van der Waals surface area contributed by atoms with Gasteiger partial charge in [-0.15, -0.1) is 0 Å². The highest BCUT2D eigenvalue weighted by Crippen LogP contribution is 2.34. The fourth-order valence-corrected chi connectivity index (χ4v) is 3.05. The van der Waals surface area contributed by atoms with Crippen LogP contribution in [0.15, 0.2) is 35.3 Å². The van der Waals surface area contributed by atoms with Crippen molar-refractivity contribution in [3.05, 3.63) is 35.9 Å². The third kappa shape index (κ3) is 2.55. The maximum absolute atomic E-state index is 12.2. The van der Waals surface area contributed by atoms with Crippen molar-refractivity contribution in [1.29, 1.82) is 0 Å². The number of amides is 2. The van der Waals surface area contributed by atoms with Crippen molar-refractivity contribution in [3.8, 4) is 0 Å². The van der Waals surface area contributed by atoms with Crippen molar-refractivity contribution < 1.29 is 4.79 Å². The Bertz CT molecular complexity index is 490. The second kappa shape index (κ2) is 6.07. The molecule has 2 rings (SSSR count). The minimum atomic E-state index is -0.392. The van der Waals surface area contributed by atoms with Crippen LogP contribution in [0.2, 0.25) is 0 Å². The first-order chi connectivity index (χ1) is 9.64. The molecule has 4 heteroatoms. The van der Waals surface area contributed by atoms with Gasteiger partial charge in [-0.2, -0.15) is 4.99 Å². The van der Waals surface area contributed by atoms with E-state index in [1.807, 2.05) is 35.2 Å². The van der Waals surface area contributed by atoms with E-state index in [1.165, 1.54) is 0 Å². The van der Waals surface area contributed by atoms with Crippen molar-refractivity contribution in [2.24, 2.45) is 10.7 Å².